The van der Waals surface area contributed by atoms with Gasteiger partial charge in [0, 0.05) is 16.6 Å². The van der Waals surface area contributed by atoms with Gasteiger partial charge < -0.3 is 9.67 Å². The lowest BCUT2D eigenvalue weighted by Crippen LogP contribution is -2.16. The molecule has 1 aromatic heterocycles. The second-order valence-corrected chi connectivity index (χ2v) is 4.70. The Bertz CT molecular complexity index is 769. The van der Waals surface area contributed by atoms with Gasteiger partial charge in [-0.05, 0) is 32.0 Å². The number of halogens is 3. The predicted molar refractivity (Wildman–Crippen MR) is 68.7 cm³/mol. The number of carbonyl (C=O) groups is 1. The average molecular weight is 296 g/mol. The molecule has 0 aliphatic heterocycles. The maximum Gasteiger partial charge on any atom is 0.418 e. The molecular weight excluding hydrogens is 285 g/mol. The van der Waals surface area contributed by atoms with Crippen molar-refractivity contribution in [2.75, 3.05) is 0 Å². The van der Waals surface area contributed by atoms with Gasteiger partial charge in [-0.15, -0.1) is 0 Å². The lowest BCUT2D eigenvalue weighted by atomic mass is 10.0. The van der Waals surface area contributed by atoms with Crippen LogP contribution in [0.3, 0.4) is 0 Å². The number of nitrogens with zero attached hydrogens (tertiary/aromatic N) is 2. The van der Waals surface area contributed by atoms with Crippen LogP contribution in [0, 0.1) is 18.3 Å². The summed E-state index contributed by atoms with van der Waals surface area (Å²) in [5.41, 5.74) is -0.966. The molecule has 0 bridgehead atoms. The Balaban J connectivity index is 2.89. The maximum atomic E-state index is 13.2. The van der Waals surface area contributed by atoms with Crippen LogP contribution in [0.4, 0.5) is 13.2 Å². The number of aliphatic carboxylic acids is 1. The quantitative estimate of drug-likeness (QED) is 0.922. The molecule has 2 rings (SSSR count). The molecule has 0 aliphatic rings. The van der Waals surface area contributed by atoms with Gasteiger partial charge in [-0.2, -0.15) is 18.4 Å². The van der Waals surface area contributed by atoms with Gasteiger partial charge in [0.05, 0.1) is 17.2 Å². The zero-order valence-corrected chi connectivity index (χ0v) is 11.2. The van der Waals surface area contributed by atoms with E-state index in [1.54, 1.807) is 0 Å². The number of hydrogen-bond donors (Lipinski definition) is 1. The van der Waals surface area contributed by atoms with Crippen LogP contribution in [0.2, 0.25) is 0 Å². The molecule has 0 amide bonds. The van der Waals surface area contributed by atoms with Crippen LogP contribution in [0.5, 0.6) is 0 Å². The molecule has 0 spiro atoms. The molecule has 1 heterocycles. The second-order valence-electron chi connectivity index (χ2n) is 4.70. The highest BCUT2D eigenvalue weighted by atomic mass is 19.4. The molecule has 0 radical (unpaired) electrons. The van der Waals surface area contributed by atoms with Crippen LogP contribution in [0.1, 0.15) is 29.8 Å². The first kappa shape index (κ1) is 14.9. The van der Waals surface area contributed by atoms with Gasteiger partial charge in [0.2, 0.25) is 0 Å². The number of rotatable bonds is 2. The lowest BCUT2D eigenvalue weighted by Gasteiger charge is -2.14. The molecule has 2 aromatic rings. The lowest BCUT2D eigenvalue weighted by molar-refractivity contribution is -0.140. The summed E-state index contributed by atoms with van der Waals surface area (Å²) in [5, 5.41) is 17.8. The van der Waals surface area contributed by atoms with E-state index in [1.807, 2.05) is 0 Å². The average Bonchev–Trinajstić information content (AvgIpc) is 2.70. The highest BCUT2D eigenvalue weighted by Crippen LogP contribution is 2.39. The first-order valence-electron chi connectivity index (χ1n) is 6.03. The number of hydrogen-bond acceptors (Lipinski definition) is 2. The summed E-state index contributed by atoms with van der Waals surface area (Å²) >= 11 is 0. The molecule has 1 unspecified atom stereocenters. The molecule has 0 saturated heterocycles. The molecule has 1 aromatic carbocycles. The Morgan fingerprint density at radius 2 is 2.05 bits per heavy atom. The number of alkyl halides is 3. The van der Waals surface area contributed by atoms with Crippen molar-refractivity contribution in [3.63, 3.8) is 0 Å². The van der Waals surface area contributed by atoms with Gasteiger partial charge >= 0.3 is 12.1 Å². The second kappa shape index (κ2) is 4.81. The maximum absolute atomic E-state index is 13.2. The summed E-state index contributed by atoms with van der Waals surface area (Å²) in [5.74, 6) is -1.14. The zero-order chi connectivity index (χ0) is 15.9. The van der Waals surface area contributed by atoms with Gasteiger partial charge in [-0.3, -0.25) is 0 Å². The molecule has 4 nitrogen and oxygen atoms in total. The molecule has 1 atom stereocenters. The molecular formula is C14H11F3N2O2. The molecule has 0 saturated carbocycles. The van der Waals surface area contributed by atoms with Crippen molar-refractivity contribution in [1.82, 2.24) is 4.57 Å². The summed E-state index contributed by atoms with van der Waals surface area (Å²) < 4.78 is 40.9. The molecule has 1 N–H and O–H groups in total. The van der Waals surface area contributed by atoms with Crippen molar-refractivity contribution in [3.05, 3.63) is 35.0 Å². The van der Waals surface area contributed by atoms with Gasteiger partial charge in [0.1, 0.15) is 6.04 Å². The van der Waals surface area contributed by atoms with Crippen molar-refractivity contribution >= 4 is 16.9 Å². The zero-order valence-electron chi connectivity index (χ0n) is 11.2. The van der Waals surface area contributed by atoms with Gasteiger partial charge in [-0.25, -0.2) is 4.79 Å². The number of aromatic nitrogens is 1. The van der Waals surface area contributed by atoms with Crippen molar-refractivity contribution in [3.8, 4) is 6.07 Å². The third kappa shape index (κ3) is 2.33. The van der Waals surface area contributed by atoms with E-state index in [1.165, 1.54) is 36.6 Å². The summed E-state index contributed by atoms with van der Waals surface area (Å²) in [6.45, 7) is 2.92. The van der Waals surface area contributed by atoms with Gasteiger partial charge in [0.25, 0.3) is 0 Å². The Kier molecular flexibility index (Phi) is 3.41. The van der Waals surface area contributed by atoms with Gasteiger partial charge in [-0.1, -0.05) is 0 Å². The molecule has 21 heavy (non-hydrogen) atoms. The summed E-state index contributed by atoms with van der Waals surface area (Å²) in [7, 11) is 0. The minimum atomic E-state index is -4.68. The topological polar surface area (TPSA) is 66.0 Å². The van der Waals surface area contributed by atoms with Crippen molar-refractivity contribution < 1.29 is 23.1 Å². The van der Waals surface area contributed by atoms with E-state index in [9.17, 15) is 18.0 Å². The van der Waals surface area contributed by atoms with Crippen LogP contribution in [-0.4, -0.2) is 15.6 Å². The fourth-order valence-electron chi connectivity index (χ4n) is 2.46. The van der Waals surface area contributed by atoms with Crippen molar-refractivity contribution in [2.24, 2.45) is 0 Å². The summed E-state index contributed by atoms with van der Waals surface area (Å²) in [6, 6.07) is 4.20. The van der Waals surface area contributed by atoms with E-state index in [-0.39, 0.29) is 10.9 Å². The number of benzene rings is 1. The van der Waals surface area contributed by atoms with E-state index in [4.69, 9.17) is 10.4 Å². The number of carboxylic acid groups (broad SMARTS) is 1. The number of fused-ring (bicyclic) bond motifs is 1. The molecule has 0 aliphatic carbocycles. The van der Waals surface area contributed by atoms with Crippen molar-refractivity contribution in [2.45, 2.75) is 26.1 Å². The highest BCUT2D eigenvalue weighted by Gasteiger charge is 2.37. The van der Waals surface area contributed by atoms with E-state index < -0.39 is 29.3 Å². The van der Waals surface area contributed by atoms with E-state index >= 15 is 0 Å². The Morgan fingerprint density at radius 1 is 1.43 bits per heavy atom. The largest absolute Gasteiger partial charge is 0.480 e. The third-order valence-electron chi connectivity index (χ3n) is 3.36. The van der Waals surface area contributed by atoms with Crippen LogP contribution in [-0.2, 0) is 11.0 Å². The first-order chi connectivity index (χ1) is 9.68. The fourth-order valence-corrected chi connectivity index (χ4v) is 2.46. The van der Waals surface area contributed by atoms with Crippen LogP contribution in [0.15, 0.2) is 18.2 Å². The SMILES string of the molecule is Cc1cc2c(C(F)(F)F)c(C#N)ccc2n1C(C)C(=O)O. The first-order valence-corrected chi connectivity index (χ1v) is 6.03. The predicted octanol–water partition coefficient (Wildman–Crippen LogP) is 3.49. The number of carboxylic acids is 1. The molecule has 0 fully saturated rings. The Morgan fingerprint density at radius 3 is 2.52 bits per heavy atom. The summed E-state index contributed by atoms with van der Waals surface area (Å²) in [4.78, 5) is 11.1. The normalized spacial score (nSPS) is 13.1. The highest BCUT2D eigenvalue weighted by molar-refractivity contribution is 5.89. The van der Waals surface area contributed by atoms with E-state index in [0.29, 0.717) is 5.69 Å². The van der Waals surface area contributed by atoms with Gasteiger partial charge in [0.15, 0.2) is 0 Å². The fraction of sp³-hybridized carbons (Fsp3) is 0.286. The minimum Gasteiger partial charge on any atom is -0.480 e. The van der Waals surface area contributed by atoms with Crippen LogP contribution in [0.25, 0.3) is 10.9 Å². The van der Waals surface area contributed by atoms with Crippen molar-refractivity contribution in [1.29, 1.82) is 5.26 Å². The monoisotopic (exact) mass is 296 g/mol. The molecule has 7 heteroatoms. The van der Waals surface area contributed by atoms with Crippen LogP contribution >= 0.6 is 0 Å². The summed E-state index contributed by atoms with van der Waals surface area (Å²) in [6.07, 6.45) is -4.68. The number of aryl methyl sites for hydroxylation is 1. The minimum absolute atomic E-state index is 0.147. The van der Waals surface area contributed by atoms with Crippen LogP contribution < -0.4 is 0 Å². The third-order valence-corrected chi connectivity index (χ3v) is 3.36. The molecule has 110 valence electrons. The Labute approximate surface area is 118 Å². The Hall–Kier alpha value is -2.49. The van der Waals surface area contributed by atoms with E-state index in [0.717, 1.165) is 6.07 Å². The standard InChI is InChI=1S/C14H11F3N2O2/c1-7-5-10-11(19(7)8(2)13(20)21)4-3-9(6-18)12(10)14(15,16)17/h3-5,8H,1-2H3,(H,20,21). The number of nitriles is 1. The smallest absolute Gasteiger partial charge is 0.418 e. The van der Waals surface area contributed by atoms with E-state index in [2.05, 4.69) is 0 Å².